The van der Waals surface area contributed by atoms with E-state index < -0.39 is 20.7 Å². The van der Waals surface area contributed by atoms with Gasteiger partial charge in [-0.05, 0) is 25.0 Å². The standard InChI is InChI=1S/C11H13ClFNO3S/c12-9-6-3-7-10(11(9)13)18(15,16)14-17-8-4-1-2-5-8/h3,6-8,14H,1-2,4-5H2. The van der Waals surface area contributed by atoms with E-state index in [1.807, 2.05) is 4.89 Å². The van der Waals surface area contributed by atoms with Crippen molar-refractivity contribution in [2.45, 2.75) is 36.7 Å². The van der Waals surface area contributed by atoms with Gasteiger partial charge in [0.25, 0.3) is 10.0 Å². The molecule has 0 aromatic heterocycles. The molecular weight excluding hydrogens is 281 g/mol. The van der Waals surface area contributed by atoms with Crippen molar-refractivity contribution in [1.29, 1.82) is 0 Å². The number of sulfonamides is 1. The lowest BCUT2D eigenvalue weighted by Crippen LogP contribution is -2.29. The summed E-state index contributed by atoms with van der Waals surface area (Å²) in [5.74, 6) is -0.971. The van der Waals surface area contributed by atoms with E-state index in [4.69, 9.17) is 16.4 Å². The third-order valence-corrected chi connectivity index (χ3v) is 4.33. The molecule has 1 aromatic rings. The van der Waals surface area contributed by atoms with E-state index >= 15 is 0 Å². The maximum absolute atomic E-state index is 13.6. The Kier molecular flexibility index (Phi) is 4.21. The fourth-order valence-corrected chi connectivity index (χ4v) is 3.06. The molecule has 0 unspecified atom stereocenters. The van der Waals surface area contributed by atoms with Crippen LogP contribution in [-0.4, -0.2) is 14.5 Å². The Bertz CT molecular complexity index is 529. The molecule has 7 heteroatoms. The number of benzene rings is 1. The van der Waals surface area contributed by atoms with E-state index in [-0.39, 0.29) is 11.1 Å². The average Bonchev–Trinajstić information content (AvgIpc) is 2.83. The summed E-state index contributed by atoms with van der Waals surface area (Å²) in [7, 11) is -4.03. The van der Waals surface area contributed by atoms with Crippen LogP contribution in [0.5, 0.6) is 0 Å². The Morgan fingerprint density at radius 1 is 1.33 bits per heavy atom. The Morgan fingerprint density at radius 3 is 2.67 bits per heavy atom. The molecule has 0 spiro atoms. The van der Waals surface area contributed by atoms with E-state index in [1.54, 1.807) is 0 Å². The molecule has 1 aliphatic rings. The Balaban J connectivity index is 2.12. The molecule has 0 aliphatic heterocycles. The van der Waals surface area contributed by atoms with Crippen LogP contribution in [0.25, 0.3) is 0 Å². The van der Waals surface area contributed by atoms with Crippen LogP contribution in [0.3, 0.4) is 0 Å². The smallest absolute Gasteiger partial charge is 0.265 e. The highest BCUT2D eigenvalue weighted by molar-refractivity contribution is 7.89. The quantitative estimate of drug-likeness (QED) is 0.868. The number of rotatable bonds is 4. The van der Waals surface area contributed by atoms with Crippen molar-refractivity contribution in [3.05, 3.63) is 29.0 Å². The second-order valence-corrected chi connectivity index (χ2v) is 6.18. The first-order chi connectivity index (χ1) is 8.50. The largest absolute Gasteiger partial charge is 0.284 e. The highest BCUT2D eigenvalue weighted by Gasteiger charge is 2.24. The fourth-order valence-electron chi connectivity index (χ4n) is 1.87. The first kappa shape index (κ1) is 13.7. The highest BCUT2D eigenvalue weighted by Crippen LogP contribution is 2.23. The normalized spacial score (nSPS) is 17.2. The summed E-state index contributed by atoms with van der Waals surface area (Å²) >= 11 is 5.54. The maximum Gasteiger partial charge on any atom is 0.265 e. The van der Waals surface area contributed by atoms with Gasteiger partial charge in [0.1, 0.15) is 4.90 Å². The van der Waals surface area contributed by atoms with Crippen molar-refractivity contribution in [3.63, 3.8) is 0 Å². The van der Waals surface area contributed by atoms with Crippen LogP contribution in [0, 0.1) is 5.82 Å². The molecule has 1 fully saturated rings. The van der Waals surface area contributed by atoms with Gasteiger partial charge in [0.05, 0.1) is 11.1 Å². The van der Waals surface area contributed by atoms with Crippen molar-refractivity contribution in [3.8, 4) is 0 Å². The van der Waals surface area contributed by atoms with Crippen molar-refractivity contribution in [2.75, 3.05) is 0 Å². The third-order valence-electron chi connectivity index (χ3n) is 2.83. The molecule has 1 N–H and O–H groups in total. The Hall–Kier alpha value is -0.690. The SMILES string of the molecule is O=S(=O)(NOC1CCCC1)c1cccc(Cl)c1F. The first-order valence-electron chi connectivity index (χ1n) is 5.62. The molecule has 1 aliphatic carbocycles. The van der Waals surface area contributed by atoms with Gasteiger partial charge in [0, 0.05) is 0 Å². The second kappa shape index (κ2) is 5.52. The van der Waals surface area contributed by atoms with Crippen molar-refractivity contribution >= 4 is 21.6 Å². The van der Waals surface area contributed by atoms with Crippen LogP contribution in [0.15, 0.2) is 23.1 Å². The number of halogens is 2. The van der Waals surface area contributed by atoms with Crippen LogP contribution in [0.4, 0.5) is 4.39 Å². The zero-order chi connectivity index (χ0) is 13.2. The van der Waals surface area contributed by atoms with Crippen LogP contribution < -0.4 is 4.89 Å². The zero-order valence-electron chi connectivity index (χ0n) is 9.53. The molecule has 0 bridgehead atoms. The predicted octanol–water partition coefficient (Wildman–Crippen LogP) is 2.63. The van der Waals surface area contributed by atoms with E-state index in [1.165, 1.54) is 12.1 Å². The minimum atomic E-state index is -4.03. The van der Waals surface area contributed by atoms with E-state index in [2.05, 4.69) is 0 Å². The molecule has 100 valence electrons. The van der Waals surface area contributed by atoms with Gasteiger partial charge in [-0.25, -0.2) is 12.8 Å². The van der Waals surface area contributed by atoms with Gasteiger partial charge in [0.2, 0.25) is 0 Å². The van der Waals surface area contributed by atoms with E-state index in [9.17, 15) is 12.8 Å². The summed E-state index contributed by atoms with van der Waals surface area (Å²) in [6.07, 6.45) is 3.50. The van der Waals surface area contributed by atoms with E-state index in [0.29, 0.717) is 0 Å². The molecular formula is C11H13ClFNO3S. The molecule has 0 atom stereocenters. The van der Waals surface area contributed by atoms with Gasteiger partial charge in [-0.15, -0.1) is 0 Å². The molecule has 0 radical (unpaired) electrons. The number of hydrogen-bond acceptors (Lipinski definition) is 3. The first-order valence-corrected chi connectivity index (χ1v) is 7.48. The zero-order valence-corrected chi connectivity index (χ0v) is 11.1. The predicted molar refractivity (Wildman–Crippen MR) is 65.1 cm³/mol. The third kappa shape index (κ3) is 3.00. The van der Waals surface area contributed by atoms with Crippen LogP contribution in [0.1, 0.15) is 25.7 Å². The van der Waals surface area contributed by atoms with Gasteiger partial charge in [-0.1, -0.05) is 35.4 Å². The van der Waals surface area contributed by atoms with E-state index in [0.717, 1.165) is 31.7 Å². The molecule has 4 nitrogen and oxygen atoms in total. The number of hydrogen-bond donors (Lipinski definition) is 1. The summed E-state index contributed by atoms with van der Waals surface area (Å²) < 4.78 is 37.2. The number of nitrogens with one attached hydrogen (secondary N) is 1. The topological polar surface area (TPSA) is 55.4 Å². The van der Waals surface area contributed by atoms with Crippen molar-refractivity contribution in [2.24, 2.45) is 0 Å². The Morgan fingerprint density at radius 2 is 2.00 bits per heavy atom. The molecule has 0 amide bonds. The van der Waals surface area contributed by atoms with Gasteiger partial charge >= 0.3 is 0 Å². The summed E-state index contributed by atoms with van der Waals surface area (Å²) in [4.78, 5) is 6.52. The van der Waals surface area contributed by atoms with Crippen LogP contribution in [0.2, 0.25) is 5.02 Å². The lowest BCUT2D eigenvalue weighted by molar-refractivity contribution is 0.0222. The molecule has 0 heterocycles. The monoisotopic (exact) mass is 293 g/mol. The van der Waals surface area contributed by atoms with Crippen LogP contribution >= 0.6 is 11.6 Å². The molecule has 1 saturated carbocycles. The lowest BCUT2D eigenvalue weighted by atomic mass is 10.3. The lowest BCUT2D eigenvalue weighted by Gasteiger charge is -2.12. The minimum Gasteiger partial charge on any atom is -0.284 e. The van der Waals surface area contributed by atoms with Crippen molar-refractivity contribution in [1.82, 2.24) is 4.89 Å². The molecule has 0 saturated heterocycles. The molecule has 1 aromatic carbocycles. The molecule has 2 rings (SSSR count). The van der Waals surface area contributed by atoms with Gasteiger partial charge in [-0.3, -0.25) is 4.84 Å². The Labute approximate surface area is 110 Å². The fraction of sp³-hybridized carbons (Fsp3) is 0.455. The van der Waals surface area contributed by atoms with Gasteiger partial charge < -0.3 is 0 Å². The van der Waals surface area contributed by atoms with Gasteiger partial charge in [0.15, 0.2) is 5.82 Å². The maximum atomic E-state index is 13.6. The van der Waals surface area contributed by atoms with Crippen LogP contribution in [-0.2, 0) is 14.9 Å². The molecule has 18 heavy (non-hydrogen) atoms. The summed E-state index contributed by atoms with van der Waals surface area (Å²) in [6, 6.07) is 3.80. The average molecular weight is 294 g/mol. The second-order valence-electron chi connectivity index (χ2n) is 4.16. The summed E-state index contributed by atoms with van der Waals surface area (Å²) in [5, 5.41) is -0.237. The van der Waals surface area contributed by atoms with Gasteiger partial charge in [-0.2, -0.15) is 0 Å². The van der Waals surface area contributed by atoms with Crippen molar-refractivity contribution < 1.29 is 17.6 Å². The highest BCUT2D eigenvalue weighted by atomic mass is 35.5. The summed E-state index contributed by atoms with van der Waals surface area (Å²) in [5.41, 5.74) is 0. The minimum absolute atomic E-state index is 0.137. The summed E-state index contributed by atoms with van der Waals surface area (Å²) in [6.45, 7) is 0.